The number of aryl methyl sites for hydroxylation is 1. The van der Waals surface area contributed by atoms with E-state index in [-0.39, 0.29) is 0 Å². The van der Waals surface area contributed by atoms with Gasteiger partial charge in [0, 0.05) is 11.9 Å². The summed E-state index contributed by atoms with van der Waals surface area (Å²) in [6.45, 7) is 4.33. The maximum Gasteiger partial charge on any atom is 0.177 e. The molecule has 0 aliphatic carbocycles. The van der Waals surface area contributed by atoms with Gasteiger partial charge < -0.3 is 9.55 Å². The van der Waals surface area contributed by atoms with Gasteiger partial charge >= 0.3 is 0 Å². The molecule has 0 spiro atoms. The van der Waals surface area contributed by atoms with Crippen molar-refractivity contribution in [2.45, 2.75) is 26.3 Å². The van der Waals surface area contributed by atoms with Crippen molar-refractivity contribution in [3.8, 4) is 0 Å². The Hall–Kier alpha value is -0.870. The van der Waals surface area contributed by atoms with Gasteiger partial charge in [0.05, 0.1) is 6.04 Å². The molecule has 0 aliphatic heterocycles. The summed E-state index contributed by atoms with van der Waals surface area (Å²) in [6, 6.07) is 2.48. The first-order valence-electron chi connectivity index (χ1n) is 5.05. The molecule has 0 bridgehead atoms. The highest BCUT2D eigenvalue weighted by Crippen LogP contribution is 2.22. The third-order valence-electron chi connectivity index (χ3n) is 2.67. The molecular formula is C11H14N2S2. The number of hydrogen-bond acceptors (Lipinski definition) is 2. The van der Waals surface area contributed by atoms with Gasteiger partial charge in [0.1, 0.15) is 0 Å². The van der Waals surface area contributed by atoms with E-state index in [4.69, 9.17) is 12.2 Å². The molecule has 15 heavy (non-hydrogen) atoms. The minimum atomic E-state index is 0.324. The summed E-state index contributed by atoms with van der Waals surface area (Å²) in [5, 5.41) is 4.28. The molecule has 0 radical (unpaired) electrons. The van der Waals surface area contributed by atoms with E-state index in [0.717, 1.165) is 11.2 Å². The average molecular weight is 238 g/mol. The van der Waals surface area contributed by atoms with Crippen LogP contribution in [0.4, 0.5) is 0 Å². The number of rotatable bonds is 3. The molecule has 0 fully saturated rings. The smallest absolute Gasteiger partial charge is 0.177 e. The molecule has 0 amide bonds. The van der Waals surface area contributed by atoms with Crippen molar-refractivity contribution in [2.75, 3.05) is 0 Å². The van der Waals surface area contributed by atoms with E-state index in [9.17, 15) is 0 Å². The van der Waals surface area contributed by atoms with E-state index < -0.39 is 0 Å². The lowest BCUT2D eigenvalue weighted by molar-refractivity contribution is 0.606. The number of nitrogens with one attached hydrogen (secondary N) is 1. The van der Waals surface area contributed by atoms with E-state index in [2.05, 4.69) is 40.2 Å². The van der Waals surface area contributed by atoms with Crippen LogP contribution >= 0.6 is 23.6 Å². The lowest BCUT2D eigenvalue weighted by atomic mass is 10.1. The lowest BCUT2D eigenvalue weighted by Gasteiger charge is -2.14. The summed E-state index contributed by atoms with van der Waals surface area (Å²) in [5.74, 6) is 0. The molecule has 4 heteroatoms. The van der Waals surface area contributed by atoms with Gasteiger partial charge in [-0.2, -0.15) is 11.3 Å². The van der Waals surface area contributed by atoms with Gasteiger partial charge in [-0.3, -0.25) is 0 Å². The van der Waals surface area contributed by atoms with Crippen LogP contribution in [-0.4, -0.2) is 9.55 Å². The Morgan fingerprint density at radius 2 is 2.40 bits per heavy atom. The Bertz CT molecular complexity index is 479. The van der Waals surface area contributed by atoms with Gasteiger partial charge in [-0.15, -0.1) is 0 Å². The van der Waals surface area contributed by atoms with E-state index in [1.807, 2.05) is 6.20 Å². The van der Waals surface area contributed by atoms with Crippen molar-refractivity contribution < 1.29 is 0 Å². The van der Waals surface area contributed by atoms with Crippen LogP contribution in [0.3, 0.4) is 0 Å². The summed E-state index contributed by atoms with van der Waals surface area (Å²) < 4.78 is 3.00. The normalized spacial score (nSPS) is 12.9. The van der Waals surface area contributed by atoms with E-state index in [1.54, 1.807) is 11.3 Å². The molecule has 0 aliphatic rings. The molecule has 1 unspecified atom stereocenters. The summed E-state index contributed by atoms with van der Waals surface area (Å²) in [4.78, 5) is 3.11. The molecular weight excluding hydrogens is 224 g/mol. The van der Waals surface area contributed by atoms with Crippen LogP contribution in [0, 0.1) is 4.77 Å². The topological polar surface area (TPSA) is 20.7 Å². The molecule has 2 heterocycles. The molecule has 2 aromatic heterocycles. The van der Waals surface area contributed by atoms with Crippen LogP contribution in [-0.2, 0) is 6.42 Å². The maximum atomic E-state index is 5.30. The third-order valence-corrected chi connectivity index (χ3v) is 3.68. The maximum absolute atomic E-state index is 5.30. The van der Waals surface area contributed by atoms with Crippen LogP contribution in [0.15, 0.2) is 23.0 Å². The number of nitrogens with zero attached hydrogens (tertiary/aromatic N) is 1. The zero-order valence-corrected chi connectivity index (χ0v) is 10.5. The predicted molar refractivity (Wildman–Crippen MR) is 67.1 cm³/mol. The number of thiophene rings is 1. The van der Waals surface area contributed by atoms with Crippen LogP contribution in [0.5, 0.6) is 0 Å². The number of H-pyrrole nitrogens is 1. The van der Waals surface area contributed by atoms with Gasteiger partial charge in [-0.05, 0) is 48.0 Å². The molecule has 1 atom stereocenters. The van der Waals surface area contributed by atoms with Crippen molar-refractivity contribution in [1.82, 2.24) is 9.55 Å². The monoisotopic (exact) mass is 238 g/mol. The molecule has 0 saturated heterocycles. The average Bonchev–Trinajstić information content (AvgIpc) is 2.85. The predicted octanol–water partition coefficient (Wildman–Crippen LogP) is 3.78. The Morgan fingerprint density at radius 1 is 1.60 bits per heavy atom. The Labute approximate surface area is 98.6 Å². The molecule has 1 N–H and O–H groups in total. The summed E-state index contributed by atoms with van der Waals surface area (Å²) in [6.07, 6.45) is 3.01. The second kappa shape index (κ2) is 4.33. The molecule has 0 aromatic carbocycles. The Morgan fingerprint density at radius 3 is 3.00 bits per heavy atom. The second-order valence-electron chi connectivity index (χ2n) is 3.54. The largest absolute Gasteiger partial charge is 0.337 e. The van der Waals surface area contributed by atoms with Crippen molar-refractivity contribution >= 4 is 23.6 Å². The highest BCUT2D eigenvalue weighted by molar-refractivity contribution is 7.71. The second-order valence-corrected chi connectivity index (χ2v) is 4.71. The van der Waals surface area contributed by atoms with Gasteiger partial charge in [0.25, 0.3) is 0 Å². The van der Waals surface area contributed by atoms with Gasteiger partial charge in [0.2, 0.25) is 0 Å². The number of aromatic nitrogens is 2. The molecule has 2 aromatic rings. The highest BCUT2D eigenvalue weighted by atomic mass is 32.1. The van der Waals surface area contributed by atoms with Crippen molar-refractivity contribution in [2.24, 2.45) is 0 Å². The van der Waals surface area contributed by atoms with Crippen LogP contribution in [0.2, 0.25) is 0 Å². The molecule has 0 saturated carbocycles. The Balaban J connectivity index is 2.45. The quantitative estimate of drug-likeness (QED) is 0.807. The third kappa shape index (κ3) is 1.92. The van der Waals surface area contributed by atoms with Crippen LogP contribution in [0.1, 0.15) is 31.1 Å². The Kier molecular flexibility index (Phi) is 3.07. The fourth-order valence-electron chi connectivity index (χ4n) is 1.77. The molecule has 2 nitrogen and oxygen atoms in total. The summed E-state index contributed by atoms with van der Waals surface area (Å²) in [5.41, 5.74) is 2.59. The minimum absolute atomic E-state index is 0.324. The van der Waals surface area contributed by atoms with E-state index in [1.165, 1.54) is 11.3 Å². The number of hydrogen-bond donors (Lipinski definition) is 1. The summed E-state index contributed by atoms with van der Waals surface area (Å²) in [7, 11) is 0. The zero-order valence-electron chi connectivity index (χ0n) is 8.86. The van der Waals surface area contributed by atoms with Gasteiger partial charge in [0.15, 0.2) is 4.77 Å². The highest BCUT2D eigenvalue weighted by Gasteiger charge is 2.12. The first-order valence-corrected chi connectivity index (χ1v) is 6.40. The van der Waals surface area contributed by atoms with Gasteiger partial charge in [-0.25, -0.2) is 0 Å². The van der Waals surface area contributed by atoms with Gasteiger partial charge in [-0.1, -0.05) is 6.92 Å². The van der Waals surface area contributed by atoms with Crippen molar-refractivity contribution in [3.05, 3.63) is 39.1 Å². The fourth-order valence-corrected chi connectivity index (χ4v) is 2.85. The van der Waals surface area contributed by atoms with E-state index in [0.29, 0.717) is 6.04 Å². The zero-order chi connectivity index (χ0) is 10.8. The van der Waals surface area contributed by atoms with E-state index >= 15 is 0 Å². The lowest BCUT2D eigenvalue weighted by Crippen LogP contribution is -2.09. The minimum Gasteiger partial charge on any atom is -0.337 e. The first kappa shape index (κ1) is 10.6. The van der Waals surface area contributed by atoms with Crippen LogP contribution in [0.25, 0.3) is 0 Å². The molecule has 2 rings (SSSR count). The standard InChI is InChI=1S/C11H14N2S2/c1-3-10-6-12-11(14)13(10)8(2)9-4-5-15-7-9/h4-8H,3H2,1-2H3,(H,12,14). The summed E-state index contributed by atoms with van der Waals surface area (Å²) >= 11 is 7.03. The fraction of sp³-hybridized carbons (Fsp3) is 0.364. The van der Waals surface area contributed by atoms with Crippen LogP contribution < -0.4 is 0 Å². The number of imidazole rings is 1. The van der Waals surface area contributed by atoms with Crippen molar-refractivity contribution in [1.29, 1.82) is 0 Å². The number of aromatic amines is 1. The molecule has 80 valence electrons. The van der Waals surface area contributed by atoms with Crippen molar-refractivity contribution in [3.63, 3.8) is 0 Å². The first-order chi connectivity index (χ1) is 7.24. The SMILES string of the molecule is CCc1c[nH]c(=S)n1C(C)c1ccsc1.